The van der Waals surface area contributed by atoms with Crippen molar-refractivity contribution in [2.24, 2.45) is 0 Å². The number of carbonyl (C=O) groups excluding carboxylic acids is 2. The van der Waals surface area contributed by atoms with E-state index in [1.54, 1.807) is 17.6 Å². The second kappa shape index (κ2) is 11.3. The number of hydroxylamine groups is 1. The maximum atomic E-state index is 12.7. The van der Waals surface area contributed by atoms with Gasteiger partial charge in [-0.1, -0.05) is 18.2 Å². The summed E-state index contributed by atoms with van der Waals surface area (Å²) in [6, 6.07) is 17.5. The van der Waals surface area contributed by atoms with Gasteiger partial charge in [-0.05, 0) is 63.1 Å². The molecular weight excluding hydrogens is 444 g/mol. The summed E-state index contributed by atoms with van der Waals surface area (Å²) >= 11 is 0. The summed E-state index contributed by atoms with van der Waals surface area (Å²) in [6.07, 6.45) is 1.79. The number of fused-ring (bicyclic) bond motifs is 1. The molecule has 1 aliphatic heterocycles. The van der Waals surface area contributed by atoms with Crippen molar-refractivity contribution in [1.82, 2.24) is 20.7 Å². The molecule has 1 aliphatic rings. The number of ether oxygens (including phenoxy) is 1. The fourth-order valence-electron chi connectivity index (χ4n) is 4.53. The van der Waals surface area contributed by atoms with E-state index in [-0.39, 0.29) is 30.3 Å². The average molecular weight is 477 g/mol. The third-order valence-corrected chi connectivity index (χ3v) is 6.53. The van der Waals surface area contributed by atoms with E-state index in [9.17, 15) is 9.59 Å². The van der Waals surface area contributed by atoms with Crippen molar-refractivity contribution in [3.05, 3.63) is 71.4 Å². The third-order valence-electron chi connectivity index (χ3n) is 6.53. The molecule has 0 bridgehead atoms. The molecule has 2 unspecified atom stereocenters. The first-order valence-corrected chi connectivity index (χ1v) is 12.0. The van der Waals surface area contributed by atoms with Gasteiger partial charge in [0, 0.05) is 53.8 Å². The van der Waals surface area contributed by atoms with Gasteiger partial charge >= 0.3 is 0 Å². The molecule has 2 aromatic carbocycles. The molecule has 0 radical (unpaired) electrons. The summed E-state index contributed by atoms with van der Waals surface area (Å²) in [6.45, 7) is 6.06. The Labute approximate surface area is 205 Å². The Morgan fingerprint density at radius 3 is 2.74 bits per heavy atom. The first-order valence-electron chi connectivity index (χ1n) is 12.0. The lowest BCUT2D eigenvalue weighted by atomic mass is 10.1. The highest BCUT2D eigenvalue weighted by Crippen LogP contribution is 2.21. The maximum absolute atomic E-state index is 12.7. The van der Waals surface area contributed by atoms with Crippen LogP contribution in [0.5, 0.6) is 5.75 Å². The number of nitrogens with zero attached hydrogens (tertiary/aromatic N) is 2. The Balaban J connectivity index is 1.28. The van der Waals surface area contributed by atoms with Crippen LogP contribution in [0.15, 0.2) is 54.6 Å². The van der Waals surface area contributed by atoms with Gasteiger partial charge in [0.25, 0.3) is 5.91 Å². The van der Waals surface area contributed by atoms with Crippen LogP contribution in [0.2, 0.25) is 0 Å². The number of amides is 2. The van der Waals surface area contributed by atoms with E-state index in [1.807, 2.05) is 49.4 Å². The highest BCUT2D eigenvalue weighted by atomic mass is 16.5. The summed E-state index contributed by atoms with van der Waals surface area (Å²) < 4.78 is 6.00. The summed E-state index contributed by atoms with van der Waals surface area (Å²) in [5, 5.41) is 12.8. The molecule has 0 aliphatic carbocycles. The predicted molar refractivity (Wildman–Crippen MR) is 133 cm³/mol. The van der Waals surface area contributed by atoms with Crippen molar-refractivity contribution < 1.29 is 19.5 Å². The van der Waals surface area contributed by atoms with Crippen molar-refractivity contribution in [3.63, 3.8) is 0 Å². The molecule has 8 nitrogen and oxygen atoms in total. The number of hydrogen-bond acceptors (Lipinski definition) is 6. The van der Waals surface area contributed by atoms with Crippen LogP contribution in [0.1, 0.15) is 47.8 Å². The van der Waals surface area contributed by atoms with Gasteiger partial charge in [0.1, 0.15) is 12.4 Å². The molecule has 2 atom stereocenters. The van der Waals surface area contributed by atoms with Crippen molar-refractivity contribution in [2.75, 3.05) is 13.1 Å². The standard InChI is InChI=1S/C27H32N4O4/c1-18-15-21(24-5-3-4-6-25(24)28-18)17-35-23-10-8-20(9-11-23)27(33)29-22-13-14-31(16-22)19(2)7-12-26(32)30-34/h3-6,8-11,15,19,22,34H,7,12-14,16-17H2,1-2H3,(H,29,33)(H,30,32). The van der Waals surface area contributed by atoms with E-state index in [2.05, 4.69) is 22.1 Å². The van der Waals surface area contributed by atoms with Crippen molar-refractivity contribution in [2.45, 2.75) is 51.8 Å². The molecule has 8 heteroatoms. The quantitative estimate of drug-likeness (QED) is 0.322. The summed E-state index contributed by atoms with van der Waals surface area (Å²) in [5.41, 5.74) is 5.24. The van der Waals surface area contributed by atoms with Crippen molar-refractivity contribution in [1.29, 1.82) is 0 Å². The SMILES string of the molecule is Cc1cc(COc2ccc(C(=O)NC3CCN(C(C)CCC(=O)NO)C3)cc2)c2ccccc2n1. The first kappa shape index (κ1) is 24.6. The Hall–Kier alpha value is -3.49. The molecule has 35 heavy (non-hydrogen) atoms. The Kier molecular flexibility index (Phi) is 7.94. The highest BCUT2D eigenvalue weighted by molar-refractivity contribution is 5.94. The lowest BCUT2D eigenvalue weighted by Crippen LogP contribution is -2.39. The summed E-state index contributed by atoms with van der Waals surface area (Å²) in [4.78, 5) is 30.8. The molecule has 184 valence electrons. The summed E-state index contributed by atoms with van der Waals surface area (Å²) in [5.74, 6) is 0.219. The Bertz CT molecular complexity index is 1180. The minimum Gasteiger partial charge on any atom is -0.489 e. The zero-order valence-electron chi connectivity index (χ0n) is 20.2. The molecule has 4 rings (SSSR count). The summed E-state index contributed by atoms with van der Waals surface area (Å²) in [7, 11) is 0. The second-order valence-electron chi connectivity index (χ2n) is 9.13. The number of nitrogens with one attached hydrogen (secondary N) is 2. The number of carbonyl (C=O) groups is 2. The van der Waals surface area contributed by atoms with Crippen LogP contribution < -0.4 is 15.5 Å². The van der Waals surface area contributed by atoms with Crippen LogP contribution in [-0.2, 0) is 11.4 Å². The molecule has 0 spiro atoms. The fourth-order valence-corrected chi connectivity index (χ4v) is 4.53. The lowest BCUT2D eigenvalue weighted by molar-refractivity contribution is -0.129. The van der Waals surface area contributed by atoms with E-state index >= 15 is 0 Å². The number of benzene rings is 2. The van der Waals surface area contributed by atoms with Gasteiger partial charge in [-0.2, -0.15) is 0 Å². The molecule has 1 aromatic heterocycles. The van der Waals surface area contributed by atoms with Gasteiger partial charge in [-0.15, -0.1) is 0 Å². The molecule has 3 aromatic rings. The van der Waals surface area contributed by atoms with Gasteiger partial charge in [0.2, 0.25) is 5.91 Å². The highest BCUT2D eigenvalue weighted by Gasteiger charge is 2.27. The minimum atomic E-state index is -0.377. The van der Waals surface area contributed by atoms with Crippen LogP contribution in [0.25, 0.3) is 10.9 Å². The number of rotatable bonds is 9. The molecule has 2 amide bonds. The molecule has 3 N–H and O–H groups in total. The van der Waals surface area contributed by atoms with E-state index in [0.29, 0.717) is 24.3 Å². The fraction of sp³-hybridized carbons (Fsp3) is 0.370. The van der Waals surface area contributed by atoms with Crippen LogP contribution in [0.3, 0.4) is 0 Å². The van der Waals surface area contributed by atoms with Gasteiger partial charge in [0.05, 0.1) is 5.52 Å². The van der Waals surface area contributed by atoms with E-state index in [0.717, 1.165) is 41.7 Å². The van der Waals surface area contributed by atoms with Crippen LogP contribution >= 0.6 is 0 Å². The number of pyridine rings is 1. The molecular formula is C27H32N4O4. The average Bonchev–Trinajstić information content (AvgIpc) is 3.34. The second-order valence-corrected chi connectivity index (χ2v) is 9.13. The number of likely N-dealkylation sites (tertiary alicyclic amines) is 1. The maximum Gasteiger partial charge on any atom is 0.251 e. The van der Waals surface area contributed by atoms with Gasteiger partial charge < -0.3 is 10.1 Å². The molecule has 1 fully saturated rings. The Morgan fingerprint density at radius 1 is 1.20 bits per heavy atom. The van der Waals surface area contributed by atoms with Gasteiger partial charge in [-0.25, -0.2) is 5.48 Å². The van der Waals surface area contributed by atoms with E-state index < -0.39 is 0 Å². The van der Waals surface area contributed by atoms with Crippen LogP contribution in [-0.4, -0.2) is 52.1 Å². The number of aryl methyl sites for hydroxylation is 1. The van der Waals surface area contributed by atoms with Crippen molar-refractivity contribution in [3.8, 4) is 5.75 Å². The van der Waals surface area contributed by atoms with Crippen LogP contribution in [0.4, 0.5) is 0 Å². The Morgan fingerprint density at radius 2 is 1.97 bits per heavy atom. The molecule has 1 saturated heterocycles. The normalized spacial score (nSPS) is 16.7. The van der Waals surface area contributed by atoms with Crippen LogP contribution in [0, 0.1) is 6.92 Å². The minimum absolute atomic E-state index is 0.0655. The van der Waals surface area contributed by atoms with Gasteiger partial charge in [-0.3, -0.25) is 24.7 Å². The number of para-hydroxylation sites is 1. The topological polar surface area (TPSA) is 104 Å². The van der Waals surface area contributed by atoms with Crippen molar-refractivity contribution >= 4 is 22.7 Å². The van der Waals surface area contributed by atoms with Gasteiger partial charge in [0.15, 0.2) is 0 Å². The zero-order valence-corrected chi connectivity index (χ0v) is 20.2. The third kappa shape index (κ3) is 6.35. The van der Waals surface area contributed by atoms with E-state index in [1.165, 1.54) is 0 Å². The molecule has 2 heterocycles. The number of hydrogen-bond donors (Lipinski definition) is 3. The lowest BCUT2D eigenvalue weighted by Gasteiger charge is -2.24. The first-order chi connectivity index (χ1) is 16.9. The zero-order chi connectivity index (χ0) is 24.8. The largest absolute Gasteiger partial charge is 0.489 e. The number of aromatic nitrogens is 1. The monoisotopic (exact) mass is 476 g/mol. The predicted octanol–water partition coefficient (Wildman–Crippen LogP) is 3.60. The smallest absolute Gasteiger partial charge is 0.251 e. The molecule has 0 saturated carbocycles. The van der Waals surface area contributed by atoms with E-state index in [4.69, 9.17) is 9.94 Å².